The number of fused-ring (bicyclic) bond motifs is 2. The number of carbonyl (C=O) groups excluding carboxylic acids is 1. The summed E-state index contributed by atoms with van der Waals surface area (Å²) in [7, 11) is 0. The third kappa shape index (κ3) is 4.33. The molecule has 0 unspecified atom stereocenters. The van der Waals surface area contributed by atoms with Crippen LogP contribution in [-0.4, -0.2) is 50.2 Å². The molecule has 2 N–H and O–H groups in total. The predicted molar refractivity (Wildman–Crippen MR) is 135 cm³/mol. The maximum Gasteiger partial charge on any atom is 0.231 e. The number of aromatic nitrogens is 4. The van der Waals surface area contributed by atoms with Crippen molar-refractivity contribution in [1.82, 2.24) is 24.4 Å². The van der Waals surface area contributed by atoms with Crippen molar-refractivity contribution in [2.45, 2.75) is 55.6 Å². The van der Waals surface area contributed by atoms with Gasteiger partial charge in [0.2, 0.25) is 12.7 Å². The van der Waals surface area contributed by atoms with E-state index in [1.165, 1.54) is 18.1 Å². The summed E-state index contributed by atoms with van der Waals surface area (Å²) in [5.74, 6) is 2.72. The minimum atomic E-state index is -0.0860. The van der Waals surface area contributed by atoms with Crippen LogP contribution in [0, 0.1) is 11.3 Å². The summed E-state index contributed by atoms with van der Waals surface area (Å²) in [6.07, 6.45) is 6.60. The highest BCUT2D eigenvalue weighted by molar-refractivity contribution is 9.10. The molecule has 0 bridgehead atoms. The minimum Gasteiger partial charge on any atom is -0.454 e. The third-order valence-electron chi connectivity index (χ3n) is 7.33. The first-order valence-corrected chi connectivity index (χ1v) is 13.6. The second kappa shape index (κ2) is 8.85. The van der Waals surface area contributed by atoms with Gasteiger partial charge in [0.05, 0.1) is 0 Å². The van der Waals surface area contributed by atoms with Crippen molar-refractivity contribution in [3.63, 3.8) is 0 Å². The number of anilines is 1. The highest BCUT2D eigenvalue weighted by Crippen LogP contribution is 2.47. The lowest BCUT2D eigenvalue weighted by molar-refractivity contribution is -0.137. The highest BCUT2D eigenvalue weighted by atomic mass is 79.9. The monoisotopic (exact) mass is 558 g/mol. The van der Waals surface area contributed by atoms with Gasteiger partial charge in [-0.15, -0.1) is 0 Å². The summed E-state index contributed by atoms with van der Waals surface area (Å²) in [4.78, 5) is 29.2. The molecule has 1 amide bonds. The number of benzene rings is 1. The van der Waals surface area contributed by atoms with Crippen LogP contribution in [0.4, 0.5) is 5.82 Å². The van der Waals surface area contributed by atoms with Gasteiger partial charge in [-0.1, -0.05) is 18.7 Å². The number of imidazole rings is 1. The maximum atomic E-state index is 12.7. The van der Waals surface area contributed by atoms with E-state index in [4.69, 9.17) is 20.2 Å². The van der Waals surface area contributed by atoms with Crippen LogP contribution in [0.1, 0.15) is 39.0 Å². The number of amides is 1. The van der Waals surface area contributed by atoms with Crippen LogP contribution >= 0.6 is 27.7 Å². The van der Waals surface area contributed by atoms with Crippen LogP contribution in [-0.2, 0) is 11.3 Å². The van der Waals surface area contributed by atoms with Gasteiger partial charge in [0.25, 0.3) is 0 Å². The van der Waals surface area contributed by atoms with Gasteiger partial charge in [-0.3, -0.25) is 4.79 Å². The number of aryl methyl sites for hydroxylation is 1. The molecule has 4 heterocycles. The molecular weight excluding hydrogens is 532 g/mol. The molecule has 1 saturated carbocycles. The van der Waals surface area contributed by atoms with E-state index in [1.807, 2.05) is 12.1 Å². The van der Waals surface area contributed by atoms with Crippen LogP contribution in [0.5, 0.6) is 11.5 Å². The molecule has 1 aromatic carbocycles. The number of hydrogen-bond donors (Lipinski definition) is 1. The number of piperidine rings is 1. The number of nitrogens with zero attached hydrogens (tertiary/aromatic N) is 5. The number of nitrogens with two attached hydrogens (primary N) is 1. The quantitative estimate of drug-likeness (QED) is 0.471. The van der Waals surface area contributed by atoms with E-state index in [0.29, 0.717) is 23.2 Å². The smallest absolute Gasteiger partial charge is 0.231 e. The molecule has 11 heteroatoms. The Balaban J connectivity index is 1.20. The first-order chi connectivity index (χ1) is 16.9. The summed E-state index contributed by atoms with van der Waals surface area (Å²) < 4.78 is 14.1. The number of ether oxygens (including phenoxy) is 2. The van der Waals surface area contributed by atoms with Crippen molar-refractivity contribution >= 4 is 50.6 Å². The molecule has 2 aromatic heterocycles. The second-order valence-electron chi connectivity index (χ2n) is 9.80. The van der Waals surface area contributed by atoms with Gasteiger partial charge < -0.3 is 24.7 Å². The fourth-order valence-corrected chi connectivity index (χ4v) is 6.32. The Morgan fingerprint density at radius 2 is 1.97 bits per heavy atom. The molecule has 35 heavy (non-hydrogen) atoms. The van der Waals surface area contributed by atoms with Gasteiger partial charge in [0, 0.05) is 34.4 Å². The van der Waals surface area contributed by atoms with Gasteiger partial charge >= 0.3 is 0 Å². The standard InChI is InChI=1S/C24H27BrN6O3S/c1-24(5-6-24)22(32)30-7-2-14(3-8-30)4-9-31-21-19(20(26)27-12-28-21)29-23(31)35-18-11-17-16(10-15(18)25)33-13-34-17/h10-12,14H,2-9,13H2,1H3,(H2,26,27,28). The van der Waals surface area contributed by atoms with E-state index >= 15 is 0 Å². The Bertz CT molecular complexity index is 1300. The number of carbonyl (C=O) groups is 1. The van der Waals surface area contributed by atoms with Crippen molar-refractivity contribution in [2.24, 2.45) is 11.3 Å². The lowest BCUT2D eigenvalue weighted by Crippen LogP contribution is -2.42. The molecule has 0 atom stereocenters. The summed E-state index contributed by atoms with van der Waals surface area (Å²) in [6, 6.07) is 3.88. The Morgan fingerprint density at radius 1 is 1.23 bits per heavy atom. The van der Waals surface area contributed by atoms with Gasteiger partial charge in [0.15, 0.2) is 33.6 Å². The molecule has 0 radical (unpaired) electrons. The van der Waals surface area contributed by atoms with Crippen molar-refractivity contribution in [3.8, 4) is 11.5 Å². The number of hydrogen-bond acceptors (Lipinski definition) is 8. The van der Waals surface area contributed by atoms with E-state index in [9.17, 15) is 4.79 Å². The van der Waals surface area contributed by atoms with E-state index in [2.05, 4.69) is 42.3 Å². The second-order valence-corrected chi connectivity index (χ2v) is 11.7. The fourth-order valence-electron chi connectivity index (χ4n) is 4.81. The van der Waals surface area contributed by atoms with E-state index in [1.54, 1.807) is 0 Å². The largest absolute Gasteiger partial charge is 0.454 e. The van der Waals surface area contributed by atoms with Crippen molar-refractivity contribution in [2.75, 3.05) is 25.6 Å². The van der Waals surface area contributed by atoms with Crippen molar-refractivity contribution in [3.05, 3.63) is 22.9 Å². The molecule has 6 rings (SSSR count). The summed E-state index contributed by atoms with van der Waals surface area (Å²) in [5, 5.41) is 0.807. The average Bonchev–Trinajstić information content (AvgIpc) is 3.28. The van der Waals surface area contributed by atoms with Crippen LogP contribution in [0.15, 0.2) is 33.0 Å². The Hall–Kier alpha value is -2.53. The number of nitrogen functional groups attached to an aromatic ring is 1. The Kier molecular flexibility index (Phi) is 5.79. The fraction of sp³-hybridized carbons (Fsp3) is 0.500. The lowest BCUT2D eigenvalue weighted by atomic mass is 9.92. The summed E-state index contributed by atoms with van der Waals surface area (Å²) in [5.41, 5.74) is 7.41. The zero-order valence-corrected chi connectivity index (χ0v) is 21.9. The van der Waals surface area contributed by atoms with Gasteiger partial charge in [0.1, 0.15) is 6.33 Å². The van der Waals surface area contributed by atoms with Gasteiger partial charge in [-0.2, -0.15) is 0 Å². The highest BCUT2D eigenvalue weighted by Gasteiger charge is 2.47. The summed E-state index contributed by atoms with van der Waals surface area (Å²) >= 11 is 5.18. The molecule has 1 saturated heterocycles. The first kappa shape index (κ1) is 22.9. The molecule has 9 nitrogen and oxygen atoms in total. The Labute approximate surface area is 215 Å². The number of halogens is 1. The summed E-state index contributed by atoms with van der Waals surface area (Å²) in [6.45, 7) is 4.80. The normalized spacial score (nSPS) is 18.9. The van der Waals surface area contributed by atoms with Crippen LogP contribution < -0.4 is 15.2 Å². The van der Waals surface area contributed by atoms with E-state index in [0.717, 1.165) is 83.4 Å². The first-order valence-electron chi connectivity index (χ1n) is 11.9. The molecule has 2 fully saturated rings. The van der Waals surface area contributed by atoms with Crippen LogP contribution in [0.2, 0.25) is 0 Å². The molecular formula is C24H27BrN6O3S. The molecule has 0 spiro atoms. The van der Waals surface area contributed by atoms with Gasteiger partial charge in [-0.05, 0) is 66.1 Å². The van der Waals surface area contributed by atoms with Crippen molar-refractivity contribution in [1.29, 1.82) is 0 Å². The predicted octanol–water partition coefficient (Wildman–Crippen LogP) is 4.48. The maximum absolute atomic E-state index is 12.7. The van der Waals surface area contributed by atoms with E-state index in [-0.39, 0.29) is 12.2 Å². The zero-order chi connectivity index (χ0) is 24.2. The minimum absolute atomic E-state index is 0.0860. The van der Waals surface area contributed by atoms with Gasteiger partial charge in [-0.25, -0.2) is 15.0 Å². The molecule has 1 aliphatic carbocycles. The average molecular weight is 559 g/mol. The lowest BCUT2D eigenvalue weighted by Gasteiger charge is -2.34. The third-order valence-corrected chi connectivity index (χ3v) is 9.30. The zero-order valence-electron chi connectivity index (χ0n) is 19.5. The van der Waals surface area contributed by atoms with Crippen molar-refractivity contribution < 1.29 is 14.3 Å². The molecule has 3 aliphatic rings. The van der Waals surface area contributed by atoms with Crippen LogP contribution in [0.25, 0.3) is 11.2 Å². The molecule has 184 valence electrons. The molecule has 3 aromatic rings. The number of likely N-dealkylation sites (tertiary alicyclic amines) is 1. The van der Waals surface area contributed by atoms with Crippen LogP contribution in [0.3, 0.4) is 0 Å². The topological polar surface area (TPSA) is 108 Å². The molecule has 2 aliphatic heterocycles. The Morgan fingerprint density at radius 3 is 2.71 bits per heavy atom. The number of rotatable bonds is 6. The van der Waals surface area contributed by atoms with E-state index < -0.39 is 0 Å². The SMILES string of the molecule is CC1(C(=O)N2CCC(CCn3c(Sc4cc5c(cc4Br)OCO5)nc4c(N)ncnc43)CC2)CC1.